The molecule has 1 amide bonds. The van der Waals surface area contributed by atoms with Gasteiger partial charge in [-0.1, -0.05) is 30.3 Å². The Kier molecular flexibility index (Phi) is 5.53. The molecule has 2 atom stereocenters. The highest BCUT2D eigenvalue weighted by Crippen LogP contribution is 2.32. The van der Waals surface area contributed by atoms with E-state index in [9.17, 15) is 9.59 Å². The Morgan fingerprint density at radius 2 is 1.77 bits per heavy atom. The third kappa shape index (κ3) is 3.55. The molecule has 0 aromatic heterocycles. The molecule has 3 rings (SSSR count). The molecule has 0 N–H and O–H groups in total. The Morgan fingerprint density at radius 1 is 1.08 bits per heavy atom. The normalized spacial score (nSPS) is 19.0. The van der Waals surface area contributed by atoms with Crippen molar-refractivity contribution in [2.75, 3.05) is 18.6 Å². The van der Waals surface area contributed by atoms with Crippen molar-refractivity contribution in [3.05, 3.63) is 60.2 Å². The van der Waals surface area contributed by atoms with Crippen LogP contribution in [0.2, 0.25) is 0 Å². The van der Waals surface area contributed by atoms with Gasteiger partial charge in [0, 0.05) is 5.69 Å². The van der Waals surface area contributed by atoms with Crippen molar-refractivity contribution in [3.8, 4) is 5.75 Å². The predicted octanol–water partition coefficient (Wildman–Crippen LogP) is 2.56. The Bertz CT molecular complexity index is 760. The molecule has 6 nitrogen and oxygen atoms in total. The predicted molar refractivity (Wildman–Crippen MR) is 95.9 cm³/mol. The van der Waals surface area contributed by atoms with Gasteiger partial charge in [0.05, 0.1) is 20.3 Å². The van der Waals surface area contributed by atoms with Gasteiger partial charge in [0.2, 0.25) is 0 Å². The van der Waals surface area contributed by atoms with Crippen LogP contribution in [0.15, 0.2) is 54.6 Å². The summed E-state index contributed by atoms with van der Waals surface area (Å²) in [6.45, 7) is 2.23. The van der Waals surface area contributed by atoms with E-state index in [1.54, 1.807) is 38.3 Å². The number of β-lactam (4-membered cyclic amide) rings is 1. The van der Waals surface area contributed by atoms with Gasteiger partial charge in [0.15, 0.2) is 12.1 Å². The monoisotopic (exact) mass is 355 g/mol. The van der Waals surface area contributed by atoms with Crippen molar-refractivity contribution < 1.29 is 23.8 Å². The summed E-state index contributed by atoms with van der Waals surface area (Å²) in [6, 6.07) is 15.7. The topological polar surface area (TPSA) is 65.1 Å². The maximum atomic E-state index is 12.6. The Hall–Kier alpha value is -2.86. The first-order chi connectivity index (χ1) is 12.7. The van der Waals surface area contributed by atoms with Gasteiger partial charge in [-0.15, -0.1) is 0 Å². The number of benzene rings is 2. The van der Waals surface area contributed by atoms with Gasteiger partial charge in [-0.05, 0) is 36.8 Å². The molecule has 0 bridgehead atoms. The van der Waals surface area contributed by atoms with Crippen molar-refractivity contribution in [3.63, 3.8) is 0 Å². The minimum atomic E-state index is -0.851. The van der Waals surface area contributed by atoms with Crippen molar-refractivity contribution >= 4 is 17.6 Å². The molecule has 0 spiro atoms. The minimum Gasteiger partial charge on any atom is -0.497 e. The number of anilines is 1. The van der Waals surface area contributed by atoms with Crippen LogP contribution in [-0.4, -0.2) is 37.7 Å². The maximum Gasteiger partial charge on any atom is 0.332 e. The number of ether oxygens (including phenoxy) is 3. The second kappa shape index (κ2) is 8.01. The number of hydrogen-bond donors (Lipinski definition) is 0. The molecular weight excluding hydrogens is 334 g/mol. The average Bonchev–Trinajstić information content (AvgIpc) is 2.67. The lowest BCUT2D eigenvalue weighted by molar-refractivity contribution is -0.162. The van der Waals surface area contributed by atoms with Crippen molar-refractivity contribution in [2.24, 2.45) is 0 Å². The number of carbonyl (C=O) groups excluding carboxylic acids is 2. The number of nitrogens with zero attached hydrogens (tertiary/aromatic N) is 1. The highest BCUT2D eigenvalue weighted by atomic mass is 16.5. The van der Waals surface area contributed by atoms with E-state index < -0.39 is 18.1 Å². The van der Waals surface area contributed by atoms with Crippen LogP contribution in [0.3, 0.4) is 0 Å². The zero-order valence-electron chi connectivity index (χ0n) is 14.8. The SMILES string of the molecule is CCOC(=O)[C@H]1[C@@H](OCc2ccccc2)C(=O)N1c1ccc(OC)cc1. The first kappa shape index (κ1) is 17.9. The first-order valence-corrected chi connectivity index (χ1v) is 8.45. The molecule has 6 heteroatoms. The van der Waals surface area contributed by atoms with E-state index >= 15 is 0 Å². The van der Waals surface area contributed by atoms with Crippen LogP contribution in [0.5, 0.6) is 5.75 Å². The summed E-state index contributed by atoms with van der Waals surface area (Å²) in [5.74, 6) is -0.0589. The molecule has 1 saturated heterocycles. The number of amides is 1. The summed E-state index contributed by atoms with van der Waals surface area (Å²) in [5, 5.41) is 0. The van der Waals surface area contributed by atoms with Crippen LogP contribution >= 0.6 is 0 Å². The van der Waals surface area contributed by atoms with E-state index in [1.807, 2.05) is 30.3 Å². The number of rotatable bonds is 7. The molecule has 1 aliphatic heterocycles. The summed E-state index contributed by atoms with van der Waals surface area (Å²) >= 11 is 0. The molecule has 1 aliphatic rings. The van der Waals surface area contributed by atoms with Crippen molar-refractivity contribution in [2.45, 2.75) is 25.7 Å². The number of esters is 1. The average molecular weight is 355 g/mol. The fraction of sp³-hybridized carbons (Fsp3) is 0.300. The van der Waals surface area contributed by atoms with Crippen LogP contribution in [-0.2, 0) is 25.7 Å². The lowest BCUT2D eigenvalue weighted by atomic mass is 9.96. The molecular formula is C20H21NO5. The van der Waals surface area contributed by atoms with Gasteiger partial charge in [-0.25, -0.2) is 4.79 Å². The van der Waals surface area contributed by atoms with Crippen LogP contribution in [0.1, 0.15) is 12.5 Å². The third-order valence-electron chi connectivity index (χ3n) is 4.20. The number of methoxy groups -OCH3 is 1. The van der Waals surface area contributed by atoms with E-state index in [2.05, 4.69) is 0 Å². The summed E-state index contributed by atoms with van der Waals surface area (Å²) < 4.78 is 16.0. The highest BCUT2D eigenvalue weighted by Gasteiger charge is 2.54. The number of carbonyl (C=O) groups is 2. The molecule has 0 saturated carbocycles. The zero-order chi connectivity index (χ0) is 18.5. The van der Waals surface area contributed by atoms with Crippen molar-refractivity contribution in [1.29, 1.82) is 0 Å². The van der Waals surface area contributed by atoms with E-state index in [4.69, 9.17) is 14.2 Å². The Morgan fingerprint density at radius 3 is 2.38 bits per heavy atom. The summed E-state index contributed by atoms with van der Waals surface area (Å²) in [4.78, 5) is 26.4. The molecule has 1 heterocycles. The molecule has 2 aromatic carbocycles. The smallest absolute Gasteiger partial charge is 0.332 e. The van der Waals surface area contributed by atoms with Gasteiger partial charge in [0.25, 0.3) is 5.91 Å². The summed E-state index contributed by atoms with van der Waals surface area (Å²) in [5.41, 5.74) is 1.54. The highest BCUT2D eigenvalue weighted by molar-refractivity contribution is 6.12. The van der Waals surface area contributed by atoms with E-state index in [1.165, 1.54) is 4.90 Å². The van der Waals surface area contributed by atoms with E-state index in [0.29, 0.717) is 11.4 Å². The summed E-state index contributed by atoms with van der Waals surface area (Å²) in [7, 11) is 1.57. The Labute approximate surface area is 152 Å². The molecule has 0 unspecified atom stereocenters. The molecule has 0 radical (unpaired) electrons. The van der Waals surface area contributed by atoms with Gasteiger partial charge in [-0.3, -0.25) is 9.69 Å². The van der Waals surface area contributed by atoms with Gasteiger partial charge >= 0.3 is 5.97 Å². The molecule has 26 heavy (non-hydrogen) atoms. The molecule has 2 aromatic rings. The number of hydrogen-bond acceptors (Lipinski definition) is 5. The van der Waals surface area contributed by atoms with E-state index in [-0.39, 0.29) is 19.1 Å². The molecule has 0 aliphatic carbocycles. The van der Waals surface area contributed by atoms with Gasteiger partial charge < -0.3 is 14.2 Å². The third-order valence-corrected chi connectivity index (χ3v) is 4.20. The minimum absolute atomic E-state index is 0.241. The quantitative estimate of drug-likeness (QED) is 0.564. The maximum absolute atomic E-state index is 12.6. The van der Waals surface area contributed by atoms with Crippen molar-refractivity contribution in [1.82, 2.24) is 0 Å². The summed E-state index contributed by atoms with van der Waals surface area (Å²) in [6.07, 6.45) is -0.851. The first-order valence-electron chi connectivity index (χ1n) is 8.45. The lowest BCUT2D eigenvalue weighted by Crippen LogP contribution is -2.69. The second-order valence-corrected chi connectivity index (χ2v) is 5.82. The second-order valence-electron chi connectivity index (χ2n) is 5.82. The fourth-order valence-corrected chi connectivity index (χ4v) is 2.87. The lowest BCUT2D eigenvalue weighted by Gasteiger charge is -2.44. The molecule has 1 fully saturated rings. The van der Waals surface area contributed by atoms with Crippen LogP contribution in [0, 0.1) is 0 Å². The standard InChI is InChI=1S/C20H21NO5/c1-3-25-20(23)17-18(26-13-14-7-5-4-6-8-14)19(22)21(17)15-9-11-16(24-2)12-10-15/h4-12,17-18H,3,13H2,1-2H3/t17-,18-/m1/s1. The van der Waals surface area contributed by atoms with Gasteiger partial charge in [0.1, 0.15) is 5.75 Å². The van der Waals surface area contributed by atoms with Gasteiger partial charge in [-0.2, -0.15) is 0 Å². The fourth-order valence-electron chi connectivity index (χ4n) is 2.87. The van der Waals surface area contributed by atoms with Crippen LogP contribution in [0.4, 0.5) is 5.69 Å². The zero-order valence-corrected chi connectivity index (χ0v) is 14.8. The van der Waals surface area contributed by atoms with Crippen LogP contribution < -0.4 is 9.64 Å². The van der Waals surface area contributed by atoms with Crippen LogP contribution in [0.25, 0.3) is 0 Å². The van der Waals surface area contributed by atoms with E-state index in [0.717, 1.165) is 5.56 Å². The molecule has 136 valence electrons. The Balaban J connectivity index is 1.76. The largest absolute Gasteiger partial charge is 0.497 e.